The van der Waals surface area contributed by atoms with E-state index in [-0.39, 0.29) is 11.5 Å². The maximum absolute atomic E-state index is 12.5. The average Bonchev–Trinajstić information content (AvgIpc) is 2.56. The molecule has 0 heterocycles. The highest BCUT2D eigenvalue weighted by molar-refractivity contribution is 6.64. The lowest BCUT2D eigenvalue weighted by Gasteiger charge is -2.04. The lowest BCUT2D eigenvalue weighted by atomic mass is 10.1. The molecule has 23 heavy (non-hydrogen) atoms. The summed E-state index contributed by atoms with van der Waals surface area (Å²) in [5.74, 6) is -0.290. The fraction of sp³-hybridized carbons (Fsp3) is 0.118. The fourth-order valence-electron chi connectivity index (χ4n) is 1.74. The van der Waals surface area contributed by atoms with E-state index in [9.17, 15) is 4.79 Å². The average molecular weight is 330 g/mol. The molecule has 0 fully saturated rings. The van der Waals surface area contributed by atoms with Crippen molar-refractivity contribution in [3.8, 4) is 0 Å². The van der Waals surface area contributed by atoms with Crippen LogP contribution in [0.4, 0.5) is 5.69 Å². The number of halogens is 1. The molecule has 2 aromatic carbocycles. The minimum atomic E-state index is -0.290. The van der Waals surface area contributed by atoms with E-state index in [0.717, 1.165) is 11.3 Å². The summed E-state index contributed by atoms with van der Waals surface area (Å²) in [6.07, 6.45) is 1.26. The monoisotopic (exact) mass is 329 g/mol. The summed E-state index contributed by atoms with van der Waals surface area (Å²) in [5.41, 5.74) is 5.32. The highest BCUT2D eigenvalue weighted by Crippen LogP contribution is 2.11. The molecule has 6 heteroatoms. The van der Waals surface area contributed by atoms with Gasteiger partial charge in [-0.15, -0.1) is 0 Å². The maximum atomic E-state index is 12.5. The molecular weight excluding hydrogens is 314 g/mol. The number of nitrogens with one attached hydrogen (secondary N) is 1. The Morgan fingerprint density at radius 3 is 2.39 bits per heavy atom. The number of ketones is 1. The minimum absolute atomic E-state index is 0.120. The Hall–Kier alpha value is -2.66. The van der Waals surface area contributed by atoms with Crippen molar-refractivity contribution >= 4 is 35.0 Å². The second-order valence-corrected chi connectivity index (χ2v) is 5.16. The van der Waals surface area contributed by atoms with Gasteiger partial charge in [0.2, 0.25) is 5.78 Å². The van der Waals surface area contributed by atoms with Crippen molar-refractivity contribution in [1.82, 2.24) is 0 Å². The zero-order chi connectivity index (χ0) is 16.7. The van der Waals surface area contributed by atoms with E-state index in [0.29, 0.717) is 10.6 Å². The van der Waals surface area contributed by atoms with E-state index >= 15 is 0 Å². The molecule has 0 aromatic heterocycles. The molecule has 5 nitrogen and oxygen atoms in total. The Morgan fingerprint density at radius 2 is 1.78 bits per heavy atom. The SMILES string of the molecule is CO/N=C/C(=N/Nc1ccc(C)cc1)C(=O)c1ccc(Cl)cc1. The molecule has 0 aliphatic rings. The molecule has 0 saturated heterocycles. The number of hydrazone groups is 1. The molecule has 0 radical (unpaired) electrons. The zero-order valence-electron chi connectivity index (χ0n) is 12.8. The second-order valence-electron chi connectivity index (χ2n) is 4.73. The van der Waals surface area contributed by atoms with Gasteiger partial charge in [-0.1, -0.05) is 34.5 Å². The lowest BCUT2D eigenvalue weighted by Crippen LogP contribution is -2.17. The number of carbonyl (C=O) groups is 1. The number of carbonyl (C=O) groups excluding carboxylic acids is 1. The molecule has 0 bridgehead atoms. The van der Waals surface area contributed by atoms with Gasteiger partial charge in [-0.3, -0.25) is 10.2 Å². The number of Topliss-reactive ketones (excluding diaryl/α,β-unsaturated/α-hetero) is 1. The summed E-state index contributed by atoms with van der Waals surface area (Å²) < 4.78 is 0. The van der Waals surface area contributed by atoms with Crippen LogP contribution < -0.4 is 5.43 Å². The van der Waals surface area contributed by atoms with Gasteiger partial charge in [-0.2, -0.15) is 5.10 Å². The fourth-order valence-corrected chi connectivity index (χ4v) is 1.87. The molecule has 2 rings (SSSR count). The highest BCUT2D eigenvalue weighted by atomic mass is 35.5. The summed E-state index contributed by atoms with van der Waals surface area (Å²) in [6, 6.07) is 14.2. The first kappa shape index (κ1) is 16.7. The molecule has 0 spiro atoms. The van der Waals surface area contributed by atoms with Crippen molar-refractivity contribution in [2.75, 3.05) is 12.5 Å². The highest BCUT2D eigenvalue weighted by Gasteiger charge is 2.13. The van der Waals surface area contributed by atoms with E-state index in [1.165, 1.54) is 13.3 Å². The van der Waals surface area contributed by atoms with Crippen molar-refractivity contribution in [2.24, 2.45) is 10.3 Å². The number of hydrogen-bond acceptors (Lipinski definition) is 5. The van der Waals surface area contributed by atoms with E-state index in [1.807, 2.05) is 31.2 Å². The molecule has 0 unspecified atom stereocenters. The normalized spacial score (nSPS) is 11.5. The van der Waals surface area contributed by atoms with Crippen molar-refractivity contribution in [1.29, 1.82) is 0 Å². The third-order valence-electron chi connectivity index (χ3n) is 2.98. The van der Waals surface area contributed by atoms with Crippen LogP contribution in [0, 0.1) is 6.92 Å². The van der Waals surface area contributed by atoms with Crippen LogP contribution in [0.15, 0.2) is 58.8 Å². The van der Waals surface area contributed by atoms with Crippen LogP contribution in [0.5, 0.6) is 0 Å². The number of hydrogen-bond donors (Lipinski definition) is 1. The number of aryl methyl sites for hydroxylation is 1. The van der Waals surface area contributed by atoms with Crippen LogP contribution >= 0.6 is 11.6 Å². The number of benzene rings is 2. The van der Waals surface area contributed by atoms with Gasteiger partial charge in [0, 0.05) is 10.6 Å². The van der Waals surface area contributed by atoms with E-state index in [1.54, 1.807) is 24.3 Å². The molecule has 0 aliphatic carbocycles. The number of rotatable bonds is 6. The topological polar surface area (TPSA) is 63.1 Å². The quantitative estimate of drug-likeness (QED) is 0.496. The summed E-state index contributed by atoms with van der Waals surface area (Å²) in [5, 5.41) is 8.29. The Bertz CT molecular complexity index is 723. The van der Waals surface area contributed by atoms with Crippen LogP contribution in [-0.2, 0) is 4.84 Å². The van der Waals surface area contributed by atoms with Gasteiger partial charge in [0.1, 0.15) is 7.11 Å². The van der Waals surface area contributed by atoms with Crippen LogP contribution in [0.25, 0.3) is 0 Å². The van der Waals surface area contributed by atoms with Crippen molar-refractivity contribution in [3.05, 3.63) is 64.7 Å². The molecule has 118 valence electrons. The first-order chi connectivity index (χ1) is 11.1. The smallest absolute Gasteiger partial charge is 0.214 e. The van der Waals surface area contributed by atoms with Crippen LogP contribution in [0.3, 0.4) is 0 Å². The van der Waals surface area contributed by atoms with E-state index in [2.05, 4.69) is 20.5 Å². The van der Waals surface area contributed by atoms with Crippen molar-refractivity contribution < 1.29 is 9.63 Å². The van der Waals surface area contributed by atoms with Gasteiger partial charge in [0.05, 0.1) is 11.9 Å². The van der Waals surface area contributed by atoms with Gasteiger partial charge in [0.15, 0.2) is 5.71 Å². The van der Waals surface area contributed by atoms with Crippen LogP contribution in [0.2, 0.25) is 5.02 Å². The summed E-state index contributed by atoms with van der Waals surface area (Å²) in [6.45, 7) is 1.99. The van der Waals surface area contributed by atoms with Crippen LogP contribution in [0.1, 0.15) is 15.9 Å². The van der Waals surface area contributed by atoms with Crippen molar-refractivity contribution in [3.63, 3.8) is 0 Å². The molecule has 0 amide bonds. The Morgan fingerprint density at radius 1 is 1.13 bits per heavy atom. The predicted molar refractivity (Wildman–Crippen MR) is 93.5 cm³/mol. The Kier molecular flexibility index (Phi) is 5.88. The zero-order valence-corrected chi connectivity index (χ0v) is 13.5. The molecule has 2 aromatic rings. The first-order valence-corrected chi connectivity index (χ1v) is 7.25. The minimum Gasteiger partial charge on any atom is -0.399 e. The van der Waals surface area contributed by atoms with E-state index < -0.39 is 0 Å². The van der Waals surface area contributed by atoms with Gasteiger partial charge in [-0.25, -0.2) is 0 Å². The number of nitrogens with zero attached hydrogens (tertiary/aromatic N) is 2. The Balaban J connectivity index is 2.23. The van der Waals surface area contributed by atoms with Crippen LogP contribution in [-0.4, -0.2) is 24.8 Å². The molecule has 0 aliphatic heterocycles. The standard InChI is InChI=1S/C17H16ClN3O2/c1-12-3-9-15(10-4-12)20-21-16(11-19-23-2)17(22)13-5-7-14(18)8-6-13/h3-11,20H,1-2H3/b19-11+,21-16-. The summed E-state index contributed by atoms with van der Waals surface area (Å²) in [7, 11) is 1.40. The molecule has 1 N–H and O–H groups in total. The third-order valence-corrected chi connectivity index (χ3v) is 3.23. The second kappa shape index (κ2) is 8.10. The third kappa shape index (κ3) is 4.93. The van der Waals surface area contributed by atoms with Crippen molar-refractivity contribution in [2.45, 2.75) is 6.92 Å². The van der Waals surface area contributed by atoms with Gasteiger partial charge >= 0.3 is 0 Å². The lowest BCUT2D eigenvalue weighted by molar-refractivity contribution is 0.106. The van der Waals surface area contributed by atoms with Gasteiger partial charge in [-0.05, 0) is 43.3 Å². The summed E-state index contributed by atoms with van der Waals surface area (Å²) >= 11 is 5.83. The molecule has 0 saturated carbocycles. The Labute approximate surface area is 139 Å². The largest absolute Gasteiger partial charge is 0.399 e. The molecule has 0 atom stereocenters. The van der Waals surface area contributed by atoms with Gasteiger partial charge in [0.25, 0.3) is 0 Å². The number of oxime groups is 1. The van der Waals surface area contributed by atoms with Gasteiger partial charge < -0.3 is 4.84 Å². The first-order valence-electron chi connectivity index (χ1n) is 6.87. The maximum Gasteiger partial charge on any atom is 0.214 e. The summed E-state index contributed by atoms with van der Waals surface area (Å²) in [4.78, 5) is 17.1. The molecular formula is C17H16ClN3O2. The number of anilines is 1. The van der Waals surface area contributed by atoms with E-state index in [4.69, 9.17) is 11.6 Å². The predicted octanol–water partition coefficient (Wildman–Crippen LogP) is 3.93.